The molecule has 0 aromatic carbocycles. The van der Waals surface area contributed by atoms with Crippen molar-refractivity contribution in [2.75, 3.05) is 13.2 Å². The van der Waals surface area contributed by atoms with E-state index in [1.54, 1.807) is 0 Å². The van der Waals surface area contributed by atoms with Gasteiger partial charge in [-0.1, -0.05) is 240 Å². The highest BCUT2D eigenvalue weighted by molar-refractivity contribution is 5.71. The summed E-state index contributed by atoms with van der Waals surface area (Å²) in [6.45, 7) is 6.33. The van der Waals surface area contributed by atoms with Gasteiger partial charge < -0.3 is 14.2 Å². The smallest absolute Gasteiger partial charge is 0.306 e. The number of unbranched alkanes of at least 4 members (excludes halogenated alkanes) is 23. The number of hydrogen-bond donors (Lipinski definition) is 0. The minimum absolute atomic E-state index is 0.101. The highest BCUT2D eigenvalue weighted by Gasteiger charge is 2.19. The molecule has 0 aliphatic rings. The number of allylic oxidation sites excluding steroid dienone is 16. The summed E-state index contributed by atoms with van der Waals surface area (Å²) < 4.78 is 16.8. The zero-order valence-electron chi connectivity index (χ0n) is 41.5. The maximum Gasteiger partial charge on any atom is 0.306 e. The summed E-state index contributed by atoms with van der Waals surface area (Å²) in [5, 5.41) is 0. The molecule has 0 fully saturated rings. The van der Waals surface area contributed by atoms with E-state index in [0.717, 1.165) is 96.3 Å². The van der Waals surface area contributed by atoms with Crippen molar-refractivity contribution in [2.24, 2.45) is 0 Å². The van der Waals surface area contributed by atoms with Crippen LogP contribution in [0, 0.1) is 0 Å². The zero-order chi connectivity index (χ0) is 46.5. The van der Waals surface area contributed by atoms with Gasteiger partial charge in [0.15, 0.2) is 6.10 Å². The molecule has 0 bridgehead atoms. The van der Waals surface area contributed by atoms with E-state index in [1.807, 2.05) is 48.6 Å². The predicted octanol–water partition coefficient (Wildman–Crippen LogP) is 17.4. The van der Waals surface area contributed by atoms with Crippen molar-refractivity contribution in [3.8, 4) is 0 Å². The predicted molar refractivity (Wildman–Crippen MR) is 274 cm³/mol. The Morgan fingerprint density at radius 2 is 0.688 bits per heavy atom. The second-order valence-corrected chi connectivity index (χ2v) is 17.2. The van der Waals surface area contributed by atoms with E-state index < -0.39 is 6.10 Å². The Hall–Kier alpha value is -3.67. The first-order valence-corrected chi connectivity index (χ1v) is 26.3. The average molecular weight is 889 g/mol. The van der Waals surface area contributed by atoms with E-state index in [4.69, 9.17) is 14.2 Å². The van der Waals surface area contributed by atoms with Crippen LogP contribution in [-0.4, -0.2) is 37.2 Å². The number of rotatable bonds is 46. The summed E-state index contributed by atoms with van der Waals surface area (Å²) in [5.74, 6) is -0.967. The first-order valence-electron chi connectivity index (χ1n) is 26.3. The third-order valence-corrected chi connectivity index (χ3v) is 11.0. The van der Waals surface area contributed by atoms with Crippen LogP contribution in [0.15, 0.2) is 97.2 Å². The van der Waals surface area contributed by atoms with Gasteiger partial charge in [0.1, 0.15) is 13.2 Å². The molecule has 0 saturated heterocycles. The summed E-state index contributed by atoms with van der Waals surface area (Å²) in [7, 11) is 0. The van der Waals surface area contributed by atoms with E-state index in [-0.39, 0.29) is 37.5 Å². The lowest BCUT2D eigenvalue weighted by atomic mass is 10.0. The molecular formula is C58H96O6. The Balaban J connectivity index is 4.47. The first kappa shape index (κ1) is 60.3. The molecule has 0 N–H and O–H groups in total. The molecule has 0 rings (SSSR count). The monoisotopic (exact) mass is 889 g/mol. The third-order valence-electron chi connectivity index (χ3n) is 11.0. The maximum absolute atomic E-state index is 12.8. The molecule has 0 aliphatic heterocycles. The Morgan fingerprint density at radius 3 is 1.16 bits per heavy atom. The number of carbonyl (C=O) groups excluding carboxylic acids is 3. The van der Waals surface area contributed by atoms with Crippen LogP contribution in [0.25, 0.3) is 0 Å². The highest BCUT2D eigenvalue weighted by Crippen LogP contribution is 2.15. The molecule has 0 amide bonds. The lowest BCUT2D eigenvalue weighted by molar-refractivity contribution is -0.167. The van der Waals surface area contributed by atoms with Crippen molar-refractivity contribution in [1.82, 2.24) is 0 Å². The van der Waals surface area contributed by atoms with Gasteiger partial charge in [0.05, 0.1) is 0 Å². The van der Waals surface area contributed by atoms with Crippen LogP contribution in [0.4, 0.5) is 0 Å². The highest BCUT2D eigenvalue weighted by atomic mass is 16.6. The minimum atomic E-state index is -0.808. The summed E-state index contributed by atoms with van der Waals surface area (Å²) in [4.78, 5) is 38.0. The molecule has 0 aliphatic carbocycles. The van der Waals surface area contributed by atoms with Crippen molar-refractivity contribution >= 4 is 17.9 Å². The molecule has 6 heteroatoms. The van der Waals surface area contributed by atoms with Crippen LogP contribution in [-0.2, 0) is 28.6 Å². The topological polar surface area (TPSA) is 78.9 Å². The van der Waals surface area contributed by atoms with E-state index in [1.165, 1.54) is 89.9 Å². The standard InChI is InChI=1S/C58H96O6/c1-4-7-10-13-16-19-22-25-28-29-31-33-36-39-42-45-48-51-57(60)63-54-55(53-62-56(59)50-47-44-41-38-35-32-27-24-21-18-15-12-9-6-3)64-58(61)52-49-46-43-40-37-34-30-26-23-20-17-14-11-8-5-2/h8-9,11-12,14,17-18,20-21,23,26-27,30,32,34,37,55H,4-7,10,13,15-16,19,22,24-25,28-29,31,33,35-36,38-54H2,1-3H3/b11-8-,12-9-,17-14-,21-18-,23-20-,30-26-,32-27-,37-34-. The lowest BCUT2D eigenvalue weighted by Crippen LogP contribution is -2.30. The summed E-state index contributed by atoms with van der Waals surface area (Å²) in [6.07, 6.45) is 68.2. The van der Waals surface area contributed by atoms with Gasteiger partial charge in [-0.05, 0) is 70.6 Å². The molecule has 0 spiro atoms. The summed E-state index contributed by atoms with van der Waals surface area (Å²) in [6, 6.07) is 0. The van der Waals surface area contributed by atoms with Crippen molar-refractivity contribution in [1.29, 1.82) is 0 Å². The van der Waals surface area contributed by atoms with Crippen molar-refractivity contribution < 1.29 is 28.6 Å². The zero-order valence-corrected chi connectivity index (χ0v) is 41.5. The minimum Gasteiger partial charge on any atom is -0.462 e. The van der Waals surface area contributed by atoms with Gasteiger partial charge in [0.25, 0.3) is 0 Å². The summed E-state index contributed by atoms with van der Waals surface area (Å²) in [5.41, 5.74) is 0. The fourth-order valence-electron chi connectivity index (χ4n) is 7.07. The van der Waals surface area contributed by atoms with Gasteiger partial charge in [-0.3, -0.25) is 14.4 Å². The molecule has 0 aromatic rings. The summed E-state index contributed by atoms with van der Waals surface area (Å²) >= 11 is 0. The lowest BCUT2D eigenvalue weighted by Gasteiger charge is -2.18. The molecule has 0 heterocycles. The normalized spacial score (nSPS) is 12.9. The van der Waals surface area contributed by atoms with Crippen molar-refractivity contribution in [3.63, 3.8) is 0 Å². The fraction of sp³-hybridized carbons (Fsp3) is 0.672. The SMILES string of the molecule is CC\C=C/C=C\C=C/C=C\C=C/CCCCCC(=O)OC(COC(=O)CCCCCC/C=C\C/C=C\C/C=C\CC)COC(=O)CCCCCCCCCCCCCCCCCCC. The van der Waals surface area contributed by atoms with E-state index in [2.05, 4.69) is 69.4 Å². The number of esters is 3. The molecular weight excluding hydrogens is 793 g/mol. The maximum atomic E-state index is 12.8. The van der Waals surface area contributed by atoms with Crippen LogP contribution in [0.5, 0.6) is 0 Å². The van der Waals surface area contributed by atoms with Gasteiger partial charge in [-0.15, -0.1) is 0 Å². The van der Waals surface area contributed by atoms with Crippen LogP contribution >= 0.6 is 0 Å². The second-order valence-electron chi connectivity index (χ2n) is 17.2. The van der Waals surface area contributed by atoms with Gasteiger partial charge in [0.2, 0.25) is 0 Å². The van der Waals surface area contributed by atoms with Gasteiger partial charge in [0, 0.05) is 19.3 Å². The quantitative estimate of drug-likeness (QED) is 0.0199. The Bertz CT molecular complexity index is 1300. The molecule has 1 atom stereocenters. The first-order chi connectivity index (χ1) is 31.5. The van der Waals surface area contributed by atoms with Crippen LogP contribution < -0.4 is 0 Å². The fourth-order valence-corrected chi connectivity index (χ4v) is 7.07. The van der Waals surface area contributed by atoms with E-state index in [0.29, 0.717) is 19.3 Å². The van der Waals surface area contributed by atoms with Gasteiger partial charge in [-0.2, -0.15) is 0 Å². The third kappa shape index (κ3) is 49.3. The van der Waals surface area contributed by atoms with Crippen molar-refractivity contribution in [3.05, 3.63) is 97.2 Å². The Kier molecular flexibility index (Phi) is 49.0. The molecule has 0 radical (unpaired) electrons. The van der Waals surface area contributed by atoms with Crippen LogP contribution in [0.2, 0.25) is 0 Å². The number of ether oxygens (including phenoxy) is 3. The molecule has 1 unspecified atom stereocenters. The largest absolute Gasteiger partial charge is 0.462 e. The van der Waals surface area contributed by atoms with Crippen LogP contribution in [0.3, 0.4) is 0 Å². The van der Waals surface area contributed by atoms with Gasteiger partial charge >= 0.3 is 17.9 Å². The average Bonchev–Trinajstić information content (AvgIpc) is 3.29. The molecule has 6 nitrogen and oxygen atoms in total. The van der Waals surface area contributed by atoms with E-state index in [9.17, 15) is 14.4 Å². The molecule has 64 heavy (non-hydrogen) atoms. The second kappa shape index (κ2) is 52.0. The van der Waals surface area contributed by atoms with Gasteiger partial charge in [-0.25, -0.2) is 0 Å². The number of hydrogen-bond acceptors (Lipinski definition) is 6. The molecule has 0 aromatic heterocycles. The Morgan fingerprint density at radius 1 is 0.344 bits per heavy atom. The number of carbonyl (C=O) groups is 3. The molecule has 364 valence electrons. The molecule has 0 saturated carbocycles. The van der Waals surface area contributed by atoms with Crippen molar-refractivity contribution in [2.45, 2.75) is 239 Å². The van der Waals surface area contributed by atoms with Crippen LogP contribution in [0.1, 0.15) is 233 Å². The van der Waals surface area contributed by atoms with E-state index >= 15 is 0 Å². The Labute approximate surface area is 394 Å².